The van der Waals surface area contributed by atoms with Crippen molar-refractivity contribution >= 4 is 0 Å². The summed E-state index contributed by atoms with van der Waals surface area (Å²) in [7, 11) is 2.08. The molecule has 1 rings (SSSR count). The van der Waals surface area contributed by atoms with E-state index in [-0.39, 0.29) is 0 Å². The Hall–Kier alpha value is -0.0800. The molecule has 2 N–H and O–H groups in total. The summed E-state index contributed by atoms with van der Waals surface area (Å²) in [5, 5.41) is 6.81. The molecule has 0 radical (unpaired) electrons. The van der Waals surface area contributed by atoms with E-state index in [1.165, 1.54) is 32.4 Å². The Bertz CT molecular complexity index is 97.7. The van der Waals surface area contributed by atoms with Crippen LogP contribution in [0.1, 0.15) is 26.2 Å². The maximum absolute atomic E-state index is 3.41. The van der Waals surface area contributed by atoms with Crippen molar-refractivity contribution in [2.75, 3.05) is 20.1 Å². The first-order valence-corrected chi connectivity index (χ1v) is 4.76. The third kappa shape index (κ3) is 2.46. The zero-order valence-electron chi connectivity index (χ0n) is 7.69. The highest BCUT2D eigenvalue weighted by Gasteiger charge is 2.22. The van der Waals surface area contributed by atoms with Gasteiger partial charge in [0.2, 0.25) is 0 Å². The lowest BCUT2D eigenvalue weighted by atomic mass is 9.95. The smallest absolute Gasteiger partial charge is 0.0105 e. The first-order valence-electron chi connectivity index (χ1n) is 4.76. The molecule has 0 spiro atoms. The van der Waals surface area contributed by atoms with E-state index in [0.29, 0.717) is 0 Å². The molecule has 2 atom stereocenters. The first kappa shape index (κ1) is 9.01. The predicted molar refractivity (Wildman–Crippen MR) is 48.7 cm³/mol. The van der Waals surface area contributed by atoms with Gasteiger partial charge in [-0.3, -0.25) is 0 Å². The molecule has 1 heterocycles. The fourth-order valence-corrected chi connectivity index (χ4v) is 1.95. The average molecular weight is 156 g/mol. The maximum Gasteiger partial charge on any atom is 0.0105 e. The van der Waals surface area contributed by atoms with Crippen LogP contribution in [0.15, 0.2) is 0 Å². The minimum Gasteiger partial charge on any atom is -0.317 e. The third-order valence-corrected chi connectivity index (χ3v) is 2.64. The van der Waals surface area contributed by atoms with Gasteiger partial charge in [-0.15, -0.1) is 0 Å². The summed E-state index contributed by atoms with van der Waals surface area (Å²) in [6.45, 7) is 4.69. The fourth-order valence-electron chi connectivity index (χ4n) is 1.95. The van der Waals surface area contributed by atoms with Crippen LogP contribution in [0.4, 0.5) is 0 Å². The summed E-state index contributed by atoms with van der Waals surface area (Å²) in [6.07, 6.45) is 3.97. The second-order valence-corrected chi connectivity index (χ2v) is 3.44. The SMILES string of the molecule is CCCC(NC)C1CCNC1. The van der Waals surface area contributed by atoms with Crippen molar-refractivity contribution in [1.82, 2.24) is 10.6 Å². The van der Waals surface area contributed by atoms with Crippen LogP contribution in [-0.2, 0) is 0 Å². The molecule has 1 fully saturated rings. The van der Waals surface area contributed by atoms with Crippen LogP contribution < -0.4 is 10.6 Å². The molecule has 1 aliphatic rings. The molecule has 2 nitrogen and oxygen atoms in total. The van der Waals surface area contributed by atoms with Crippen LogP contribution in [0, 0.1) is 5.92 Å². The van der Waals surface area contributed by atoms with Gasteiger partial charge in [0.05, 0.1) is 0 Å². The minimum atomic E-state index is 0.745. The third-order valence-electron chi connectivity index (χ3n) is 2.64. The van der Waals surface area contributed by atoms with Gasteiger partial charge >= 0.3 is 0 Å². The predicted octanol–water partition coefficient (Wildman–Crippen LogP) is 0.984. The van der Waals surface area contributed by atoms with E-state index in [2.05, 4.69) is 24.6 Å². The van der Waals surface area contributed by atoms with Crippen molar-refractivity contribution in [3.05, 3.63) is 0 Å². The van der Waals surface area contributed by atoms with Gasteiger partial charge in [0.15, 0.2) is 0 Å². The van der Waals surface area contributed by atoms with Crippen LogP contribution in [0.3, 0.4) is 0 Å². The fraction of sp³-hybridized carbons (Fsp3) is 1.00. The summed E-state index contributed by atoms with van der Waals surface area (Å²) < 4.78 is 0. The highest BCUT2D eigenvalue weighted by molar-refractivity contribution is 4.81. The van der Waals surface area contributed by atoms with Crippen LogP contribution in [0.25, 0.3) is 0 Å². The summed E-state index contributed by atoms with van der Waals surface area (Å²) in [5.41, 5.74) is 0. The summed E-state index contributed by atoms with van der Waals surface area (Å²) in [5.74, 6) is 0.875. The van der Waals surface area contributed by atoms with E-state index in [4.69, 9.17) is 0 Å². The van der Waals surface area contributed by atoms with Gasteiger partial charge in [0.25, 0.3) is 0 Å². The van der Waals surface area contributed by atoms with E-state index < -0.39 is 0 Å². The topological polar surface area (TPSA) is 24.1 Å². The Morgan fingerprint density at radius 3 is 2.91 bits per heavy atom. The van der Waals surface area contributed by atoms with Gasteiger partial charge in [0, 0.05) is 6.04 Å². The number of hydrogen-bond acceptors (Lipinski definition) is 2. The molecular weight excluding hydrogens is 136 g/mol. The molecule has 0 aliphatic carbocycles. The van der Waals surface area contributed by atoms with E-state index in [9.17, 15) is 0 Å². The summed E-state index contributed by atoms with van der Waals surface area (Å²) in [6, 6.07) is 0.745. The lowest BCUT2D eigenvalue weighted by molar-refractivity contribution is 0.374. The Morgan fingerprint density at radius 1 is 1.64 bits per heavy atom. The molecule has 2 unspecified atom stereocenters. The molecule has 1 aliphatic heterocycles. The van der Waals surface area contributed by atoms with Gasteiger partial charge in [-0.25, -0.2) is 0 Å². The second kappa shape index (κ2) is 4.73. The zero-order valence-corrected chi connectivity index (χ0v) is 7.69. The molecule has 0 amide bonds. The molecule has 0 aromatic carbocycles. The molecule has 0 aromatic heterocycles. The molecule has 66 valence electrons. The standard InChI is InChI=1S/C9H20N2/c1-3-4-9(10-2)8-5-6-11-7-8/h8-11H,3-7H2,1-2H3. The van der Waals surface area contributed by atoms with Gasteiger partial charge < -0.3 is 10.6 Å². The Balaban J connectivity index is 2.27. The van der Waals surface area contributed by atoms with Gasteiger partial charge in [-0.1, -0.05) is 13.3 Å². The average Bonchev–Trinajstić information content (AvgIpc) is 2.52. The van der Waals surface area contributed by atoms with Crippen molar-refractivity contribution < 1.29 is 0 Å². The van der Waals surface area contributed by atoms with Crippen LogP contribution in [0.2, 0.25) is 0 Å². The van der Waals surface area contributed by atoms with Gasteiger partial charge in [-0.05, 0) is 38.9 Å². The molecule has 0 bridgehead atoms. The molecule has 11 heavy (non-hydrogen) atoms. The van der Waals surface area contributed by atoms with E-state index in [0.717, 1.165) is 12.0 Å². The molecule has 2 heteroatoms. The van der Waals surface area contributed by atoms with E-state index in [1.54, 1.807) is 0 Å². The lowest BCUT2D eigenvalue weighted by Gasteiger charge is -2.21. The van der Waals surface area contributed by atoms with Crippen molar-refractivity contribution in [2.45, 2.75) is 32.2 Å². The highest BCUT2D eigenvalue weighted by atomic mass is 14.9. The first-order chi connectivity index (χ1) is 5.38. The highest BCUT2D eigenvalue weighted by Crippen LogP contribution is 2.15. The summed E-state index contributed by atoms with van der Waals surface area (Å²) >= 11 is 0. The Morgan fingerprint density at radius 2 is 2.45 bits per heavy atom. The number of hydrogen-bond donors (Lipinski definition) is 2. The van der Waals surface area contributed by atoms with E-state index in [1.807, 2.05) is 0 Å². The van der Waals surface area contributed by atoms with Gasteiger partial charge in [-0.2, -0.15) is 0 Å². The lowest BCUT2D eigenvalue weighted by Crippen LogP contribution is -2.34. The maximum atomic E-state index is 3.41. The van der Waals surface area contributed by atoms with Crippen molar-refractivity contribution in [1.29, 1.82) is 0 Å². The van der Waals surface area contributed by atoms with Crippen LogP contribution in [-0.4, -0.2) is 26.2 Å². The van der Waals surface area contributed by atoms with Crippen molar-refractivity contribution in [2.24, 2.45) is 5.92 Å². The monoisotopic (exact) mass is 156 g/mol. The molecule has 1 saturated heterocycles. The number of nitrogens with one attached hydrogen (secondary N) is 2. The normalized spacial score (nSPS) is 27.3. The largest absolute Gasteiger partial charge is 0.317 e. The molecule has 0 saturated carbocycles. The molecule has 0 aromatic rings. The van der Waals surface area contributed by atoms with Crippen molar-refractivity contribution in [3.63, 3.8) is 0 Å². The van der Waals surface area contributed by atoms with Gasteiger partial charge in [0.1, 0.15) is 0 Å². The zero-order chi connectivity index (χ0) is 8.10. The minimum absolute atomic E-state index is 0.745. The quantitative estimate of drug-likeness (QED) is 0.634. The molecular formula is C9H20N2. The Labute approximate surface area is 69.8 Å². The van der Waals surface area contributed by atoms with Crippen molar-refractivity contribution in [3.8, 4) is 0 Å². The second-order valence-electron chi connectivity index (χ2n) is 3.44. The number of rotatable bonds is 4. The van der Waals surface area contributed by atoms with Crippen LogP contribution in [0.5, 0.6) is 0 Å². The van der Waals surface area contributed by atoms with Crippen LogP contribution >= 0.6 is 0 Å². The Kier molecular flexibility index (Phi) is 3.87. The summed E-state index contributed by atoms with van der Waals surface area (Å²) in [4.78, 5) is 0. The van der Waals surface area contributed by atoms with E-state index >= 15 is 0 Å².